The first-order valence-corrected chi connectivity index (χ1v) is 8.67. The average molecular weight is 367 g/mol. The zero-order valence-corrected chi connectivity index (χ0v) is 15.0. The highest BCUT2D eigenvalue weighted by molar-refractivity contribution is 6.18. The van der Waals surface area contributed by atoms with E-state index in [1.165, 1.54) is 0 Å². The number of hydrogen-bond acceptors (Lipinski definition) is 3. The molecule has 1 N–H and O–H groups in total. The SMILES string of the molecule is COc1cc(N(CCCl)CCCl)ccc1NC(=O)c1ccccc1. The molecule has 0 fully saturated rings. The van der Waals surface area contributed by atoms with Gasteiger partial charge in [-0.15, -0.1) is 23.2 Å². The van der Waals surface area contributed by atoms with Crippen molar-refractivity contribution < 1.29 is 9.53 Å². The van der Waals surface area contributed by atoms with Crippen LogP contribution in [-0.4, -0.2) is 37.9 Å². The minimum Gasteiger partial charge on any atom is -0.494 e. The summed E-state index contributed by atoms with van der Waals surface area (Å²) in [7, 11) is 1.57. The molecule has 0 saturated carbocycles. The van der Waals surface area contributed by atoms with Crippen LogP contribution < -0.4 is 15.0 Å². The number of alkyl halides is 2. The van der Waals surface area contributed by atoms with Crippen molar-refractivity contribution in [2.24, 2.45) is 0 Å². The predicted octanol–water partition coefficient (Wildman–Crippen LogP) is 4.23. The van der Waals surface area contributed by atoms with Gasteiger partial charge in [0.05, 0.1) is 12.8 Å². The quantitative estimate of drug-likeness (QED) is 0.710. The third-order valence-electron chi connectivity index (χ3n) is 3.54. The fourth-order valence-corrected chi connectivity index (χ4v) is 2.75. The number of nitrogens with one attached hydrogen (secondary N) is 1. The highest BCUT2D eigenvalue weighted by Gasteiger charge is 2.13. The Labute approximate surface area is 152 Å². The van der Waals surface area contributed by atoms with Crippen molar-refractivity contribution >= 4 is 40.5 Å². The zero-order valence-electron chi connectivity index (χ0n) is 13.5. The number of rotatable bonds is 8. The molecule has 0 aliphatic carbocycles. The topological polar surface area (TPSA) is 41.6 Å². The lowest BCUT2D eigenvalue weighted by atomic mass is 10.2. The van der Waals surface area contributed by atoms with Crippen LogP contribution in [0.5, 0.6) is 5.75 Å². The number of carbonyl (C=O) groups excluding carboxylic acids is 1. The van der Waals surface area contributed by atoms with Crippen LogP contribution in [0.15, 0.2) is 48.5 Å². The summed E-state index contributed by atoms with van der Waals surface area (Å²) in [5.41, 5.74) is 2.16. The van der Waals surface area contributed by atoms with Crippen LogP contribution in [-0.2, 0) is 0 Å². The maximum atomic E-state index is 12.3. The van der Waals surface area contributed by atoms with Gasteiger partial charge in [0.25, 0.3) is 5.91 Å². The lowest BCUT2D eigenvalue weighted by Crippen LogP contribution is -2.27. The van der Waals surface area contributed by atoms with Crippen molar-refractivity contribution in [2.75, 3.05) is 42.2 Å². The maximum Gasteiger partial charge on any atom is 0.255 e. The lowest BCUT2D eigenvalue weighted by Gasteiger charge is -2.24. The molecule has 0 saturated heterocycles. The fourth-order valence-electron chi connectivity index (χ4n) is 2.34. The van der Waals surface area contributed by atoms with E-state index in [4.69, 9.17) is 27.9 Å². The smallest absolute Gasteiger partial charge is 0.255 e. The van der Waals surface area contributed by atoms with E-state index >= 15 is 0 Å². The van der Waals surface area contributed by atoms with Crippen LogP contribution in [0.1, 0.15) is 10.4 Å². The largest absolute Gasteiger partial charge is 0.494 e. The van der Waals surface area contributed by atoms with Crippen molar-refractivity contribution in [3.05, 3.63) is 54.1 Å². The summed E-state index contributed by atoms with van der Waals surface area (Å²) in [5.74, 6) is 1.42. The Bertz CT molecular complexity index is 659. The van der Waals surface area contributed by atoms with Gasteiger partial charge in [-0.25, -0.2) is 0 Å². The number of ether oxygens (including phenoxy) is 1. The van der Waals surface area contributed by atoms with Crippen molar-refractivity contribution in [3.63, 3.8) is 0 Å². The highest BCUT2D eigenvalue weighted by Crippen LogP contribution is 2.30. The van der Waals surface area contributed by atoms with Crippen LogP contribution >= 0.6 is 23.2 Å². The van der Waals surface area contributed by atoms with Crippen LogP contribution in [0.2, 0.25) is 0 Å². The summed E-state index contributed by atoms with van der Waals surface area (Å²) in [5, 5.41) is 2.87. The number of carbonyl (C=O) groups is 1. The summed E-state index contributed by atoms with van der Waals surface area (Å²) >= 11 is 11.7. The standard InChI is InChI=1S/C18H20Cl2N2O2/c1-24-17-13-15(22(11-9-19)12-10-20)7-8-16(17)21-18(23)14-5-3-2-4-6-14/h2-8,13H,9-12H2,1H3,(H,21,23). The van der Waals surface area contributed by atoms with Gasteiger partial charge in [0.1, 0.15) is 5.75 Å². The van der Waals surface area contributed by atoms with Crippen LogP contribution in [0.25, 0.3) is 0 Å². The van der Waals surface area contributed by atoms with Crippen LogP contribution in [0.3, 0.4) is 0 Å². The third kappa shape index (κ3) is 4.79. The molecule has 0 bridgehead atoms. The molecular weight excluding hydrogens is 347 g/mol. The Morgan fingerprint density at radius 2 is 1.75 bits per heavy atom. The van der Waals surface area contributed by atoms with Gasteiger partial charge in [0, 0.05) is 42.2 Å². The number of methoxy groups -OCH3 is 1. The van der Waals surface area contributed by atoms with E-state index in [0.29, 0.717) is 41.8 Å². The normalized spacial score (nSPS) is 10.3. The summed E-state index contributed by atoms with van der Waals surface area (Å²) in [6.07, 6.45) is 0. The first-order valence-electron chi connectivity index (χ1n) is 7.61. The van der Waals surface area contributed by atoms with Gasteiger partial charge < -0.3 is 15.0 Å². The summed E-state index contributed by atoms with van der Waals surface area (Å²) < 4.78 is 5.42. The highest BCUT2D eigenvalue weighted by atomic mass is 35.5. The number of hydrogen-bond donors (Lipinski definition) is 1. The van der Waals surface area contributed by atoms with Gasteiger partial charge in [-0.3, -0.25) is 4.79 Å². The Hall–Kier alpha value is -1.91. The van der Waals surface area contributed by atoms with Gasteiger partial charge in [-0.1, -0.05) is 18.2 Å². The molecule has 4 nitrogen and oxygen atoms in total. The van der Waals surface area contributed by atoms with E-state index in [-0.39, 0.29) is 5.91 Å². The number of nitrogens with zero attached hydrogens (tertiary/aromatic N) is 1. The van der Waals surface area contributed by atoms with E-state index in [2.05, 4.69) is 10.2 Å². The molecule has 2 rings (SSSR count). The second kappa shape index (κ2) is 9.40. The number of benzene rings is 2. The predicted molar refractivity (Wildman–Crippen MR) is 101 cm³/mol. The van der Waals surface area contributed by atoms with Crippen molar-refractivity contribution in [1.29, 1.82) is 0 Å². The second-order valence-corrected chi connectivity index (χ2v) is 5.83. The van der Waals surface area contributed by atoms with Crippen molar-refractivity contribution in [3.8, 4) is 5.75 Å². The molecule has 0 unspecified atom stereocenters. The molecule has 2 aromatic carbocycles. The minimum absolute atomic E-state index is 0.181. The number of amides is 1. The first kappa shape index (κ1) is 18.4. The average Bonchev–Trinajstić information content (AvgIpc) is 2.62. The molecule has 0 spiro atoms. The Morgan fingerprint density at radius 1 is 1.08 bits per heavy atom. The van der Waals surface area contributed by atoms with Gasteiger partial charge in [0.15, 0.2) is 0 Å². The Morgan fingerprint density at radius 3 is 2.33 bits per heavy atom. The molecule has 0 radical (unpaired) electrons. The maximum absolute atomic E-state index is 12.3. The third-order valence-corrected chi connectivity index (χ3v) is 3.88. The molecule has 2 aromatic rings. The molecule has 0 aliphatic heterocycles. The van der Waals surface area contributed by atoms with E-state index in [0.717, 1.165) is 5.69 Å². The van der Waals surface area contributed by atoms with Crippen molar-refractivity contribution in [1.82, 2.24) is 0 Å². The molecule has 0 atom stereocenters. The molecule has 128 valence electrons. The zero-order chi connectivity index (χ0) is 17.4. The minimum atomic E-state index is -0.181. The number of anilines is 2. The van der Waals surface area contributed by atoms with E-state index in [1.807, 2.05) is 36.4 Å². The first-order chi connectivity index (χ1) is 11.7. The van der Waals surface area contributed by atoms with Gasteiger partial charge >= 0.3 is 0 Å². The molecule has 0 heterocycles. The van der Waals surface area contributed by atoms with E-state index < -0.39 is 0 Å². The van der Waals surface area contributed by atoms with Crippen LogP contribution in [0.4, 0.5) is 11.4 Å². The van der Waals surface area contributed by atoms with Gasteiger partial charge in [-0.2, -0.15) is 0 Å². The summed E-state index contributed by atoms with van der Waals surface area (Å²) in [6, 6.07) is 14.7. The molecular formula is C18H20Cl2N2O2. The van der Waals surface area contributed by atoms with Crippen molar-refractivity contribution in [2.45, 2.75) is 0 Å². The molecule has 6 heteroatoms. The fraction of sp³-hybridized carbons (Fsp3) is 0.278. The molecule has 0 aliphatic rings. The monoisotopic (exact) mass is 366 g/mol. The van der Waals surface area contributed by atoms with Gasteiger partial charge in [-0.05, 0) is 24.3 Å². The molecule has 24 heavy (non-hydrogen) atoms. The summed E-state index contributed by atoms with van der Waals surface area (Å²) in [4.78, 5) is 14.4. The van der Waals surface area contributed by atoms with E-state index in [9.17, 15) is 4.79 Å². The second-order valence-electron chi connectivity index (χ2n) is 5.07. The molecule has 1 amide bonds. The van der Waals surface area contributed by atoms with Crippen LogP contribution in [0, 0.1) is 0 Å². The van der Waals surface area contributed by atoms with Gasteiger partial charge in [0.2, 0.25) is 0 Å². The Kier molecular flexibility index (Phi) is 7.22. The Balaban J connectivity index is 2.21. The van der Waals surface area contributed by atoms with E-state index in [1.54, 1.807) is 19.2 Å². The summed E-state index contributed by atoms with van der Waals surface area (Å²) in [6.45, 7) is 1.38. The molecule has 0 aromatic heterocycles. The lowest BCUT2D eigenvalue weighted by molar-refractivity contribution is 0.102. The number of halogens is 2.